The quantitative estimate of drug-likeness (QED) is 0.610. The molecule has 0 N–H and O–H groups in total. The Kier molecular flexibility index (Phi) is 2.76. The zero-order valence-corrected chi connectivity index (χ0v) is 8.24. The third kappa shape index (κ3) is 1.86. The minimum absolute atomic E-state index is 0.336. The van der Waals surface area contributed by atoms with Crippen LogP contribution in [0.4, 0.5) is 0 Å². The minimum atomic E-state index is 0.336. The molecule has 2 heteroatoms. The van der Waals surface area contributed by atoms with E-state index in [0.29, 0.717) is 12.2 Å². The van der Waals surface area contributed by atoms with Gasteiger partial charge in [0.2, 0.25) is 0 Å². The number of ether oxygens (including phenoxy) is 1. The summed E-state index contributed by atoms with van der Waals surface area (Å²) in [5, 5.41) is 0. The Bertz CT molecular complexity index is 173. The molecule has 0 amide bonds. The van der Waals surface area contributed by atoms with Gasteiger partial charge >= 0.3 is 0 Å². The molecular formula is C10H16OS. The summed E-state index contributed by atoms with van der Waals surface area (Å²) in [6.07, 6.45) is 9.64. The summed E-state index contributed by atoms with van der Waals surface area (Å²) >= 11 is 5.25. The lowest BCUT2D eigenvalue weighted by molar-refractivity contribution is 0.0301. The molecule has 0 aromatic heterocycles. The average molecular weight is 184 g/mol. The van der Waals surface area contributed by atoms with Crippen LogP contribution >= 0.6 is 12.2 Å². The molecule has 2 aliphatic carbocycles. The Balaban J connectivity index is 1.81. The molecule has 2 rings (SSSR count). The van der Waals surface area contributed by atoms with Crippen molar-refractivity contribution in [2.24, 2.45) is 0 Å². The van der Waals surface area contributed by atoms with E-state index in [-0.39, 0.29) is 0 Å². The Hall–Kier alpha value is 0.0500. The number of rotatable bonds is 2. The third-order valence-electron chi connectivity index (χ3n) is 2.91. The molecule has 0 aromatic carbocycles. The molecule has 0 spiro atoms. The van der Waals surface area contributed by atoms with Crippen molar-refractivity contribution in [2.45, 2.75) is 57.2 Å². The van der Waals surface area contributed by atoms with Crippen LogP contribution in [0.5, 0.6) is 0 Å². The fraction of sp³-hybridized carbons (Fsp3) is 0.900. The van der Waals surface area contributed by atoms with Crippen molar-refractivity contribution < 1.29 is 4.74 Å². The summed E-state index contributed by atoms with van der Waals surface area (Å²) < 4.78 is 5.94. The molecule has 0 saturated heterocycles. The van der Waals surface area contributed by atoms with Crippen LogP contribution in [-0.2, 0) is 4.74 Å². The van der Waals surface area contributed by atoms with E-state index in [1.807, 2.05) is 0 Å². The molecule has 12 heavy (non-hydrogen) atoms. The lowest BCUT2D eigenvalue weighted by atomic mass is 10.2. The van der Waals surface area contributed by atoms with Crippen LogP contribution in [-0.4, -0.2) is 17.1 Å². The van der Waals surface area contributed by atoms with Crippen LogP contribution in [0.15, 0.2) is 0 Å². The van der Waals surface area contributed by atoms with Gasteiger partial charge in [-0.25, -0.2) is 0 Å². The summed E-state index contributed by atoms with van der Waals surface area (Å²) in [6, 6.07) is 0. The first-order valence-corrected chi connectivity index (χ1v) is 5.45. The molecule has 0 aliphatic heterocycles. The summed E-state index contributed by atoms with van der Waals surface area (Å²) in [4.78, 5) is 1.17. The predicted octanol–water partition coefficient (Wildman–Crippen LogP) is 2.87. The zero-order chi connectivity index (χ0) is 8.39. The van der Waals surface area contributed by atoms with Crippen LogP contribution in [0.1, 0.15) is 44.9 Å². The van der Waals surface area contributed by atoms with E-state index in [9.17, 15) is 0 Å². The Morgan fingerprint density at radius 3 is 2.42 bits per heavy atom. The fourth-order valence-corrected chi connectivity index (χ4v) is 2.50. The molecule has 0 radical (unpaired) electrons. The van der Waals surface area contributed by atoms with Crippen molar-refractivity contribution in [1.82, 2.24) is 0 Å². The molecule has 2 saturated carbocycles. The van der Waals surface area contributed by atoms with Crippen LogP contribution in [0, 0.1) is 0 Å². The van der Waals surface area contributed by atoms with E-state index < -0.39 is 0 Å². The average Bonchev–Trinajstić information content (AvgIpc) is 2.65. The van der Waals surface area contributed by atoms with Gasteiger partial charge in [-0.15, -0.1) is 0 Å². The van der Waals surface area contributed by atoms with Gasteiger partial charge in [-0.2, -0.15) is 0 Å². The van der Waals surface area contributed by atoms with Crippen molar-refractivity contribution in [2.75, 3.05) is 0 Å². The van der Waals surface area contributed by atoms with Gasteiger partial charge < -0.3 is 4.74 Å². The maximum atomic E-state index is 5.94. The van der Waals surface area contributed by atoms with Gasteiger partial charge in [0, 0.05) is 4.86 Å². The standard InChI is InChI=1S/C10H16OS/c12-10-7-3-6-9(10)11-8-4-1-2-5-8/h8-9H,1-7H2. The first kappa shape index (κ1) is 8.64. The molecule has 0 heterocycles. The molecule has 68 valence electrons. The van der Waals surface area contributed by atoms with Crippen molar-refractivity contribution in [1.29, 1.82) is 0 Å². The lowest BCUT2D eigenvalue weighted by Crippen LogP contribution is -2.22. The van der Waals surface area contributed by atoms with Gasteiger partial charge in [-0.3, -0.25) is 0 Å². The van der Waals surface area contributed by atoms with E-state index >= 15 is 0 Å². The second-order valence-corrected chi connectivity index (χ2v) is 4.41. The van der Waals surface area contributed by atoms with Crippen LogP contribution < -0.4 is 0 Å². The first-order valence-electron chi connectivity index (χ1n) is 5.04. The van der Waals surface area contributed by atoms with E-state index in [2.05, 4.69) is 0 Å². The van der Waals surface area contributed by atoms with Crippen LogP contribution in [0.2, 0.25) is 0 Å². The van der Waals surface area contributed by atoms with E-state index in [4.69, 9.17) is 17.0 Å². The highest BCUT2D eigenvalue weighted by molar-refractivity contribution is 7.80. The number of hydrogen-bond acceptors (Lipinski definition) is 2. The molecule has 2 fully saturated rings. The maximum Gasteiger partial charge on any atom is 0.0890 e. The summed E-state index contributed by atoms with van der Waals surface area (Å²) in [7, 11) is 0. The SMILES string of the molecule is S=C1CCCC1OC1CCCC1. The number of thiocarbonyl (C=S) groups is 1. The monoisotopic (exact) mass is 184 g/mol. The van der Waals surface area contributed by atoms with E-state index in [0.717, 1.165) is 6.42 Å². The van der Waals surface area contributed by atoms with Gasteiger partial charge in [0.05, 0.1) is 12.2 Å². The Labute approximate surface area is 79.5 Å². The van der Waals surface area contributed by atoms with E-state index in [1.54, 1.807) is 0 Å². The number of hydrogen-bond donors (Lipinski definition) is 0. The normalized spacial score (nSPS) is 31.7. The molecular weight excluding hydrogens is 168 g/mol. The first-order chi connectivity index (χ1) is 5.86. The summed E-state index contributed by atoms with van der Waals surface area (Å²) in [6.45, 7) is 0. The molecule has 0 bridgehead atoms. The highest BCUT2D eigenvalue weighted by atomic mass is 32.1. The summed E-state index contributed by atoms with van der Waals surface area (Å²) in [5.74, 6) is 0. The third-order valence-corrected chi connectivity index (χ3v) is 3.37. The highest BCUT2D eigenvalue weighted by Gasteiger charge is 2.26. The van der Waals surface area contributed by atoms with Crippen LogP contribution in [0.3, 0.4) is 0 Å². The van der Waals surface area contributed by atoms with Gasteiger partial charge in [0.15, 0.2) is 0 Å². The van der Waals surface area contributed by atoms with Gasteiger partial charge in [-0.05, 0) is 32.1 Å². The Morgan fingerprint density at radius 2 is 1.83 bits per heavy atom. The lowest BCUT2D eigenvalue weighted by Gasteiger charge is -2.17. The van der Waals surface area contributed by atoms with Gasteiger partial charge in [0.1, 0.15) is 0 Å². The van der Waals surface area contributed by atoms with Gasteiger partial charge in [0.25, 0.3) is 0 Å². The molecule has 2 aliphatic rings. The van der Waals surface area contributed by atoms with Gasteiger partial charge in [-0.1, -0.05) is 25.1 Å². The van der Waals surface area contributed by atoms with Crippen molar-refractivity contribution in [3.8, 4) is 0 Å². The Morgan fingerprint density at radius 1 is 1.08 bits per heavy atom. The van der Waals surface area contributed by atoms with Crippen molar-refractivity contribution in [3.05, 3.63) is 0 Å². The molecule has 1 unspecified atom stereocenters. The second kappa shape index (κ2) is 3.84. The maximum absolute atomic E-state index is 5.94. The van der Waals surface area contributed by atoms with Crippen LogP contribution in [0.25, 0.3) is 0 Å². The zero-order valence-electron chi connectivity index (χ0n) is 7.42. The molecule has 1 nitrogen and oxygen atoms in total. The van der Waals surface area contributed by atoms with Crippen molar-refractivity contribution >= 4 is 17.1 Å². The molecule has 0 aromatic rings. The van der Waals surface area contributed by atoms with Crippen molar-refractivity contribution in [3.63, 3.8) is 0 Å². The predicted molar refractivity (Wildman–Crippen MR) is 53.6 cm³/mol. The highest BCUT2D eigenvalue weighted by Crippen LogP contribution is 2.27. The smallest absolute Gasteiger partial charge is 0.0890 e. The molecule has 1 atom stereocenters. The summed E-state index contributed by atoms with van der Waals surface area (Å²) in [5.41, 5.74) is 0. The van der Waals surface area contributed by atoms with E-state index in [1.165, 1.54) is 43.4 Å². The fourth-order valence-electron chi connectivity index (χ4n) is 2.18. The largest absolute Gasteiger partial charge is 0.370 e. The minimum Gasteiger partial charge on any atom is -0.370 e. The topological polar surface area (TPSA) is 9.23 Å². The second-order valence-electron chi connectivity index (χ2n) is 3.89.